The van der Waals surface area contributed by atoms with E-state index >= 15 is 0 Å². The van der Waals surface area contributed by atoms with Gasteiger partial charge in [0.25, 0.3) is 5.69 Å². The summed E-state index contributed by atoms with van der Waals surface area (Å²) in [5.41, 5.74) is 0.401. The van der Waals surface area contributed by atoms with Gasteiger partial charge < -0.3 is 14.2 Å². The molecular formula is C16H18N2O7S. The normalized spacial score (nSPS) is 11.0. The second-order valence-electron chi connectivity index (χ2n) is 5.11. The van der Waals surface area contributed by atoms with Gasteiger partial charge >= 0.3 is 0 Å². The Morgan fingerprint density at radius 3 is 1.96 bits per heavy atom. The minimum Gasteiger partial charge on any atom is -0.493 e. The summed E-state index contributed by atoms with van der Waals surface area (Å²) < 4.78 is 42.8. The third-order valence-corrected chi connectivity index (χ3v) is 4.97. The smallest absolute Gasteiger partial charge is 0.269 e. The van der Waals surface area contributed by atoms with Crippen molar-refractivity contribution in [1.29, 1.82) is 0 Å². The molecule has 9 nitrogen and oxygen atoms in total. The quantitative estimate of drug-likeness (QED) is 0.549. The van der Waals surface area contributed by atoms with E-state index in [2.05, 4.69) is 4.72 Å². The highest BCUT2D eigenvalue weighted by atomic mass is 32.2. The highest BCUT2D eigenvalue weighted by Crippen LogP contribution is 2.38. The van der Waals surface area contributed by atoms with Crippen molar-refractivity contribution >= 4 is 15.7 Å². The van der Waals surface area contributed by atoms with Gasteiger partial charge in [-0.15, -0.1) is 0 Å². The molecule has 1 N–H and O–H groups in total. The maximum atomic E-state index is 12.4. The molecule has 10 heteroatoms. The number of sulfonamides is 1. The zero-order chi connectivity index (χ0) is 19.3. The van der Waals surface area contributed by atoms with Crippen LogP contribution in [0.4, 0.5) is 5.69 Å². The lowest BCUT2D eigenvalue weighted by Crippen LogP contribution is -2.23. The molecule has 0 saturated carbocycles. The first-order valence-electron chi connectivity index (χ1n) is 7.35. The molecule has 2 aromatic rings. The van der Waals surface area contributed by atoms with Crippen LogP contribution >= 0.6 is 0 Å². The van der Waals surface area contributed by atoms with E-state index in [1.165, 1.54) is 33.5 Å². The minimum atomic E-state index is -3.84. The van der Waals surface area contributed by atoms with E-state index in [9.17, 15) is 18.5 Å². The summed E-state index contributed by atoms with van der Waals surface area (Å²) >= 11 is 0. The number of nitro groups is 1. The van der Waals surface area contributed by atoms with Gasteiger partial charge in [-0.3, -0.25) is 10.1 Å². The zero-order valence-electron chi connectivity index (χ0n) is 14.4. The molecule has 2 rings (SSSR count). The van der Waals surface area contributed by atoms with Crippen molar-refractivity contribution in [3.8, 4) is 17.2 Å². The highest BCUT2D eigenvalue weighted by molar-refractivity contribution is 7.89. The monoisotopic (exact) mass is 382 g/mol. The number of hydrogen-bond donors (Lipinski definition) is 1. The van der Waals surface area contributed by atoms with Gasteiger partial charge in [0.2, 0.25) is 15.8 Å². The van der Waals surface area contributed by atoms with Crippen molar-refractivity contribution in [3.05, 3.63) is 52.1 Å². The second kappa shape index (κ2) is 8.02. The van der Waals surface area contributed by atoms with Crippen molar-refractivity contribution in [2.45, 2.75) is 11.4 Å². The van der Waals surface area contributed by atoms with Crippen molar-refractivity contribution in [2.24, 2.45) is 0 Å². The van der Waals surface area contributed by atoms with Crippen LogP contribution in [0.1, 0.15) is 5.56 Å². The van der Waals surface area contributed by atoms with Crippen LogP contribution in [-0.2, 0) is 16.6 Å². The fraction of sp³-hybridized carbons (Fsp3) is 0.250. The summed E-state index contributed by atoms with van der Waals surface area (Å²) in [6.07, 6.45) is 0. The molecule has 140 valence electrons. The molecule has 0 aliphatic heterocycles. The Balaban J connectivity index is 2.22. The van der Waals surface area contributed by atoms with E-state index in [1.807, 2.05) is 0 Å². The van der Waals surface area contributed by atoms with Crippen LogP contribution in [0.15, 0.2) is 41.3 Å². The molecular weight excluding hydrogens is 364 g/mol. The van der Waals surface area contributed by atoms with E-state index in [1.54, 1.807) is 12.1 Å². The van der Waals surface area contributed by atoms with Crippen LogP contribution in [0, 0.1) is 10.1 Å². The first-order valence-corrected chi connectivity index (χ1v) is 8.83. The first-order chi connectivity index (χ1) is 12.3. The van der Waals surface area contributed by atoms with E-state index in [-0.39, 0.29) is 17.1 Å². The van der Waals surface area contributed by atoms with Gasteiger partial charge in [0, 0.05) is 18.7 Å². The van der Waals surface area contributed by atoms with Crippen LogP contribution in [0.3, 0.4) is 0 Å². The number of nitrogens with one attached hydrogen (secondary N) is 1. The number of methoxy groups -OCH3 is 3. The highest BCUT2D eigenvalue weighted by Gasteiger charge is 2.18. The zero-order valence-corrected chi connectivity index (χ0v) is 15.2. The van der Waals surface area contributed by atoms with E-state index in [0.29, 0.717) is 22.8 Å². The van der Waals surface area contributed by atoms with E-state index in [0.717, 1.165) is 12.1 Å². The lowest BCUT2D eigenvalue weighted by atomic mass is 10.2. The molecule has 26 heavy (non-hydrogen) atoms. The standard InChI is InChI=1S/C16H18N2O7S/c1-23-14-8-11(9-15(24-2)16(14)25-3)10-17-26(21,22)13-6-4-12(5-7-13)18(19)20/h4-9,17H,10H2,1-3H3. The Kier molecular flexibility index (Phi) is 6.01. The Morgan fingerprint density at radius 1 is 1.00 bits per heavy atom. The van der Waals surface area contributed by atoms with Crippen molar-refractivity contribution in [2.75, 3.05) is 21.3 Å². The number of hydrogen-bond acceptors (Lipinski definition) is 7. The number of nitro benzene ring substituents is 1. The van der Waals surface area contributed by atoms with Gasteiger partial charge in [-0.1, -0.05) is 0 Å². The third kappa shape index (κ3) is 4.21. The van der Waals surface area contributed by atoms with Gasteiger partial charge in [-0.2, -0.15) is 0 Å². The lowest BCUT2D eigenvalue weighted by molar-refractivity contribution is -0.384. The molecule has 0 saturated heterocycles. The topological polar surface area (TPSA) is 117 Å². The van der Waals surface area contributed by atoms with E-state index < -0.39 is 14.9 Å². The first kappa shape index (κ1) is 19.5. The summed E-state index contributed by atoms with van der Waals surface area (Å²) in [5.74, 6) is 1.20. The van der Waals surface area contributed by atoms with Crippen LogP contribution in [0.5, 0.6) is 17.2 Å². The maximum Gasteiger partial charge on any atom is 0.269 e. The minimum absolute atomic E-state index is 0.0317. The fourth-order valence-corrected chi connectivity index (χ4v) is 3.26. The Morgan fingerprint density at radius 2 is 1.54 bits per heavy atom. The molecule has 0 aromatic heterocycles. The van der Waals surface area contributed by atoms with Gasteiger partial charge in [0.15, 0.2) is 11.5 Å². The Labute approximate surface area is 150 Å². The number of benzene rings is 2. The van der Waals surface area contributed by atoms with Crippen LogP contribution < -0.4 is 18.9 Å². The van der Waals surface area contributed by atoms with Crippen LogP contribution in [0.25, 0.3) is 0 Å². The average Bonchev–Trinajstić information content (AvgIpc) is 2.65. The molecule has 0 aliphatic carbocycles. The molecule has 0 spiro atoms. The molecule has 0 radical (unpaired) electrons. The Hall–Kier alpha value is -2.85. The predicted molar refractivity (Wildman–Crippen MR) is 93.2 cm³/mol. The maximum absolute atomic E-state index is 12.4. The van der Waals surface area contributed by atoms with Crippen LogP contribution in [-0.4, -0.2) is 34.7 Å². The third-order valence-electron chi connectivity index (χ3n) is 3.55. The number of ether oxygens (including phenoxy) is 3. The molecule has 0 atom stereocenters. The van der Waals surface area contributed by atoms with Gasteiger partial charge in [0.1, 0.15) is 0 Å². The van der Waals surface area contributed by atoms with Gasteiger partial charge in [-0.05, 0) is 29.8 Å². The molecule has 0 heterocycles. The van der Waals surface area contributed by atoms with Crippen molar-refractivity contribution in [3.63, 3.8) is 0 Å². The molecule has 0 bridgehead atoms. The summed E-state index contributed by atoms with van der Waals surface area (Å²) in [5, 5.41) is 10.7. The van der Waals surface area contributed by atoms with Gasteiger partial charge in [0.05, 0.1) is 31.1 Å². The summed E-state index contributed by atoms with van der Waals surface area (Å²) in [6.45, 7) is -0.0317. The predicted octanol–water partition coefficient (Wildman–Crippen LogP) is 2.10. The molecule has 2 aromatic carbocycles. The Bertz CT molecular complexity index is 870. The number of rotatable bonds is 8. The largest absolute Gasteiger partial charge is 0.493 e. The lowest BCUT2D eigenvalue weighted by Gasteiger charge is -2.14. The molecule has 0 unspecified atom stereocenters. The van der Waals surface area contributed by atoms with Crippen molar-refractivity contribution < 1.29 is 27.6 Å². The second-order valence-corrected chi connectivity index (χ2v) is 6.88. The summed E-state index contributed by atoms with van der Waals surface area (Å²) in [6, 6.07) is 7.87. The summed E-state index contributed by atoms with van der Waals surface area (Å²) in [4.78, 5) is 9.98. The average molecular weight is 382 g/mol. The SMILES string of the molecule is COc1cc(CNS(=O)(=O)c2ccc([N+](=O)[O-])cc2)cc(OC)c1OC. The molecule has 0 aliphatic rings. The van der Waals surface area contributed by atoms with Gasteiger partial charge in [-0.25, -0.2) is 13.1 Å². The van der Waals surface area contributed by atoms with Crippen LogP contribution in [0.2, 0.25) is 0 Å². The fourth-order valence-electron chi connectivity index (χ4n) is 2.25. The molecule has 0 fully saturated rings. The van der Waals surface area contributed by atoms with Crippen molar-refractivity contribution in [1.82, 2.24) is 4.72 Å². The number of nitrogens with zero attached hydrogens (tertiary/aromatic N) is 1. The molecule has 0 amide bonds. The summed E-state index contributed by atoms with van der Waals surface area (Å²) in [7, 11) is 0.549. The number of non-ortho nitro benzene ring substituents is 1. The van der Waals surface area contributed by atoms with E-state index in [4.69, 9.17) is 14.2 Å².